The summed E-state index contributed by atoms with van der Waals surface area (Å²) in [4.78, 5) is 26.7. The van der Waals surface area contributed by atoms with E-state index in [0.717, 1.165) is 12.8 Å². The molecule has 0 aliphatic heterocycles. The number of para-hydroxylation sites is 1. The molecule has 0 bridgehead atoms. The van der Waals surface area contributed by atoms with E-state index in [9.17, 15) is 9.59 Å². The third kappa shape index (κ3) is 4.86. The fourth-order valence-electron chi connectivity index (χ4n) is 2.76. The van der Waals surface area contributed by atoms with Gasteiger partial charge in [-0.2, -0.15) is 0 Å². The summed E-state index contributed by atoms with van der Waals surface area (Å²) in [7, 11) is 3.34. The highest BCUT2D eigenvalue weighted by molar-refractivity contribution is 6.10. The Morgan fingerprint density at radius 3 is 2.44 bits per heavy atom. The second-order valence-corrected chi connectivity index (χ2v) is 6.51. The van der Waals surface area contributed by atoms with Crippen molar-refractivity contribution in [3.05, 3.63) is 54.1 Å². The molecule has 0 unspecified atom stereocenters. The molecule has 0 saturated heterocycles. The number of methoxy groups -OCH3 is 1. The number of ether oxygens (including phenoxy) is 2. The van der Waals surface area contributed by atoms with E-state index in [1.54, 1.807) is 61.5 Å². The summed E-state index contributed by atoms with van der Waals surface area (Å²) in [5.74, 6) is 0.610. The van der Waals surface area contributed by atoms with Crippen LogP contribution in [0.5, 0.6) is 5.75 Å². The molecule has 3 rings (SSSR count). The van der Waals surface area contributed by atoms with Crippen LogP contribution < -0.4 is 15.0 Å². The van der Waals surface area contributed by atoms with Gasteiger partial charge in [0, 0.05) is 25.8 Å². The lowest BCUT2D eigenvalue weighted by Crippen LogP contribution is -2.29. The first kappa shape index (κ1) is 18.9. The van der Waals surface area contributed by atoms with Crippen molar-refractivity contribution in [1.82, 2.24) is 0 Å². The number of carbonyl (C=O) groups is 2. The molecular formula is C21H24N2O4. The van der Waals surface area contributed by atoms with Gasteiger partial charge in [0.2, 0.25) is 5.91 Å². The Balaban J connectivity index is 1.68. The summed E-state index contributed by atoms with van der Waals surface area (Å²) in [6.07, 6.45) is 1.85. The molecule has 1 aliphatic rings. The maximum Gasteiger partial charge on any atom is 0.257 e. The zero-order valence-corrected chi connectivity index (χ0v) is 15.6. The number of nitrogens with zero attached hydrogens (tertiary/aromatic N) is 1. The first-order chi connectivity index (χ1) is 13.1. The lowest BCUT2D eigenvalue weighted by Gasteiger charge is -2.20. The Labute approximate surface area is 159 Å². The maximum absolute atomic E-state index is 12.7. The number of rotatable bonds is 8. The Morgan fingerprint density at radius 2 is 1.78 bits per heavy atom. The van der Waals surface area contributed by atoms with E-state index in [2.05, 4.69) is 5.32 Å². The van der Waals surface area contributed by atoms with Crippen LogP contribution in [0.2, 0.25) is 0 Å². The van der Waals surface area contributed by atoms with Crippen LogP contribution in [0, 0.1) is 5.92 Å². The van der Waals surface area contributed by atoms with Gasteiger partial charge >= 0.3 is 0 Å². The molecule has 6 nitrogen and oxygen atoms in total. The highest BCUT2D eigenvalue weighted by Gasteiger charge is 2.33. The number of hydrogen-bond donors (Lipinski definition) is 1. The number of anilines is 2. The molecule has 27 heavy (non-hydrogen) atoms. The summed E-state index contributed by atoms with van der Waals surface area (Å²) < 4.78 is 10.5. The molecule has 6 heteroatoms. The van der Waals surface area contributed by atoms with Crippen molar-refractivity contribution < 1.29 is 19.1 Å². The Hall–Kier alpha value is -2.86. The fourth-order valence-corrected chi connectivity index (χ4v) is 2.76. The third-order valence-corrected chi connectivity index (χ3v) is 4.44. The van der Waals surface area contributed by atoms with Crippen LogP contribution in [0.3, 0.4) is 0 Å². The van der Waals surface area contributed by atoms with Gasteiger partial charge < -0.3 is 19.7 Å². The predicted octanol–water partition coefficient (Wildman–Crippen LogP) is 3.34. The molecule has 1 aliphatic carbocycles. The molecule has 1 saturated carbocycles. The summed E-state index contributed by atoms with van der Waals surface area (Å²) in [5.41, 5.74) is 1.74. The largest absolute Gasteiger partial charge is 0.491 e. The number of carbonyl (C=O) groups excluding carboxylic acids is 2. The number of amides is 2. The highest BCUT2D eigenvalue weighted by atomic mass is 16.5. The van der Waals surface area contributed by atoms with E-state index in [1.807, 2.05) is 6.07 Å². The van der Waals surface area contributed by atoms with Gasteiger partial charge in [-0.1, -0.05) is 12.1 Å². The van der Waals surface area contributed by atoms with Gasteiger partial charge in [-0.3, -0.25) is 9.59 Å². The smallest absolute Gasteiger partial charge is 0.257 e. The lowest BCUT2D eigenvalue weighted by molar-refractivity contribution is -0.119. The van der Waals surface area contributed by atoms with E-state index in [0.29, 0.717) is 35.9 Å². The summed E-state index contributed by atoms with van der Waals surface area (Å²) in [5, 5.41) is 2.87. The van der Waals surface area contributed by atoms with Gasteiger partial charge in [-0.15, -0.1) is 0 Å². The number of nitrogens with one attached hydrogen (secondary N) is 1. The van der Waals surface area contributed by atoms with E-state index < -0.39 is 0 Å². The molecule has 0 atom stereocenters. The quantitative estimate of drug-likeness (QED) is 0.726. The van der Waals surface area contributed by atoms with Crippen molar-refractivity contribution in [3.8, 4) is 5.75 Å². The standard InChI is InChI=1S/C21H24N2O4/c1-23(21(25)15-7-8-15)19-6-4-3-5-18(19)20(24)22-16-9-11-17(12-10-16)27-14-13-26-2/h3-6,9-12,15H,7-8,13-14H2,1-2H3,(H,22,24). The van der Waals surface area contributed by atoms with Crippen LogP contribution in [0.1, 0.15) is 23.2 Å². The average Bonchev–Trinajstić information content (AvgIpc) is 3.53. The third-order valence-electron chi connectivity index (χ3n) is 4.44. The molecular weight excluding hydrogens is 344 g/mol. The Kier molecular flexibility index (Phi) is 6.08. The molecule has 0 aromatic heterocycles. The van der Waals surface area contributed by atoms with Crippen molar-refractivity contribution in [2.75, 3.05) is 37.6 Å². The minimum Gasteiger partial charge on any atom is -0.491 e. The SMILES string of the molecule is COCCOc1ccc(NC(=O)c2ccccc2N(C)C(=O)C2CC2)cc1. The molecule has 2 amide bonds. The molecule has 2 aromatic rings. The maximum atomic E-state index is 12.7. The normalized spacial score (nSPS) is 13.1. The van der Waals surface area contributed by atoms with Gasteiger partial charge in [0.15, 0.2) is 0 Å². The number of benzene rings is 2. The minimum atomic E-state index is -0.255. The highest BCUT2D eigenvalue weighted by Crippen LogP contribution is 2.33. The zero-order valence-electron chi connectivity index (χ0n) is 15.6. The van der Waals surface area contributed by atoms with Crippen LogP contribution in [-0.4, -0.2) is 39.2 Å². The fraction of sp³-hybridized carbons (Fsp3) is 0.333. The van der Waals surface area contributed by atoms with Gasteiger partial charge in [-0.25, -0.2) is 0 Å². The monoisotopic (exact) mass is 368 g/mol. The van der Waals surface area contributed by atoms with Crippen LogP contribution in [0.4, 0.5) is 11.4 Å². The molecule has 142 valence electrons. The van der Waals surface area contributed by atoms with Crippen molar-refractivity contribution >= 4 is 23.2 Å². The first-order valence-corrected chi connectivity index (χ1v) is 9.00. The Bertz CT molecular complexity index is 800. The van der Waals surface area contributed by atoms with Gasteiger partial charge in [0.05, 0.1) is 17.9 Å². The first-order valence-electron chi connectivity index (χ1n) is 9.00. The molecule has 0 radical (unpaired) electrons. The lowest BCUT2D eigenvalue weighted by atomic mass is 10.1. The van der Waals surface area contributed by atoms with Gasteiger partial charge in [0.25, 0.3) is 5.91 Å². The van der Waals surface area contributed by atoms with Crippen LogP contribution in [0.15, 0.2) is 48.5 Å². The van der Waals surface area contributed by atoms with E-state index in [1.165, 1.54) is 0 Å². The van der Waals surface area contributed by atoms with E-state index in [-0.39, 0.29) is 17.7 Å². The molecule has 1 N–H and O–H groups in total. The molecule has 1 fully saturated rings. The summed E-state index contributed by atoms with van der Waals surface area (Å²) >= 11 is 0. The van der Waals surface area contributed by atoms with Gasteiger partial charge in [-0.05, 0) is 49.2 Å². The van der Waals surface area contributed by atoms with Gasteiger partial charge in [0.1, 0.15) is 12.4 Å². The summed E-state index contributed by atoms with van der Waals surface area (Å²) in [6.45, 7) is 0.985. The second kappa shape index (κ2) is 8.68. The van der Waals surface area contributed by atoms with Crippen molar-refractivity contribution in [1.29, 1.82) is 0 Å². The van der Waals surface area contributed by atoms with Crippen LogP contribution >= 0.6 is 0 Å². The molecule has 0 spiro atoms. The topological polar surface area (TPSA) is 67.9 Å². The van der Waals surface area contributed by atoms with E-state index in [4.69, 9.17) is 9.47 Å². The minimum absolute atomic E-state index is 0.0628. The zero-order chi connectivity index (χ0) is 19.2. The Morgan fingerprint density at radius 1 is 1.07 bits per heavy atom. The predicted molar refractivity (Wildman–Crippen MR) is 104 cm³/mol. The summed E-state index contributed by atoms with van der Waals surface area (Å²) in [6, 6.07) is 14.3. The van der Waals surface area contributed by atoms with Crippen molar-refractivity contribution in [2.24, 2.45) is 5.92 Å². The molecule has 2 aromatic carbocycles. The second-order valence-electron chi connectivity index (χ2n) is 6.51. The number of hydrogen-bond acceptors (Lipinski definition) is 4. The average molecular weight is 368 g/mol. The van der Waals surface area contributed by atoms with E-state index >= 15 is 0 Å². The van der Waals surface area contributed by atoms with Crippen molar-refractivity contribution in [2.45, 2.75) is 12.8 Å². The molecule has 0 heterocycles. The van der Waals surface area contributed by atoms with Crippen LogP contribution in [0.25, 0.3) is 0 Å². The van der Waals surface area contributed by atoms with Crippen LogP contribution in [-0.2, 0) is 9.53 Å². The van der Waals surface area contributed by atoms with Crippen molar-refractivity contribution in [3.63, 3.8) is 0 Å².